The number of carbonyl (C=O) groups is 1. The molecule has 28 heavy (non-hydrogen) atoms. The molecule has 0 fully saturated rings. The van der Waals surface area contributed by atoms with Gasteiger partial charge in [-0.15, -0.1) is 0 Å². The summed E-state index contributed by atoms with van der Waals surface area (Å²) >= 11 is 0. The molecule has 2 heterocycles. The number of benzene rings is 2. The first-order valence-electron chi connectivity index (χ1n) is 9.58. The molecule has 144 valence electrons. The number of amides is 1. The third-order valence-electron chi connectivity index (χ3n) is 4.96. The van der Waals surface area contributed by atoms with Gasteiger partial charge in [-0.1, -0.05) is 18.2 Å². The molecule has 0 saturated carbocycles. The first kappa shape index (κ1) is 18.3. The molecule has 0 N–H and O–H groups in total. The van der Waals surface area contributed by atoms with Crippen LogP contribution in [0.4, 0.5) is 0 Å². The normalized spacial score (nSPS) is 12.8. The molecular weight excluding hydrogens is 352 g/mol. The standard InChI is InChI=1S/C23H24N2O3/c1-14(2)25(15(3)4)23(26)18-12-20(24-19-8-6-5-7-17(18)19)16-9-10-21-22(11-16)28-13-27-21/h5-12,14-15H,13H2,1-4H3. The largest absolute Gasteiger partial charge is 0.454 e. The molecule has 0 radical (unpaired) electrons. The molecule has 0 aliphatic carbocycles. The summed E-state index contributed by atoms with van der Waals surface area (Å²) in [5, 5.41) is 0.864. The highest BCUT2D eigenvalue weighted by atomic mass is 16.7. The lowest BCUT2D eigenvalue weighted by atomic mass is 10.0. The SMILES string of the molecule is CC(C)N(C(=O)c1cc(-c2ccc3c(c2)OCO3)nc2ccccc12)C(C)C. The summed E-state index contributed by atoms with van der Waals surface area (Å²) in [6.07, 6.45) is 0. The second-order valence-electron chi connectivity index (χ2n) is 7.54. The number of fused-ring (bicyclic) bond motifs is 2. The van der Waals surface area contributed by atoms with E-state index >= 15 is 0 Å². The van der Waals surface area contributed by atoms with Crippen LogP contribution in [0.25, 0.3) is 22.2 Å². The van der Waals surface area contributed by atoms with Crippen molar-refractivity contribution in [3.05, 3.63) is 54.1 Å². The lowest BCUT2D eigenvalue weighted by Crippen LogP contribution is -2.42. The van der Waals surface area contributed by atoms with E-state index in [2.05, 4.69) is 0 Å². The number of carbonyl (C=O) groups excluding carboxylic acids is 1. The molecule has 0 bridgehead atoms. The Morgan fingerprint density at radius 3 is 2.43 bits per heavy atom. The van der Waals surface area contributed by atoms with Crippen LogP contribution in [-0.2, 0) is 0 Å². The van der Waals surface area contributed by atoms with Gasteiger partial charge in [0.05, 0.1) is 16.8 Å². The fourth-order valence-electron chi connectivity index (χ4n) is 3.76. The van der Waals surface area contributed by atoms with E-state index in [9.17, 15) is 4.79 Å². The molecule has 1 amide bonds. The molecule has 1 aliphatic rings. The summed E-state index contributed by atoms with van der Waals surface area (Å²) in [6.45, 7) is 8.39. The second kappa shape index (κ2) is 7.15. The van der Waals surface area contributed by atoms with E-state index in [4.69, 9.17) is 14.5 Å². The Morgan fingerprint density at radius 2 is 1.68 bits per heavy atom. The summed E-state index contributed by atoms with van der Waals surface area (Å²) in [7, 11) is 0. The van der Waals surface area contributed by atoms with Crippen LogP contribution in [0.15, 0.2) is 48.5 Å². The van der Waals surface area contributed by atoms with Gasteiger partial charge in [-0.05, 0) is 58.0 Å². The van der Waals surface area contributed by atoms with E-state index < -0.39 is 0 Å². The maximum atomic E-state index is 13.5. The molecule has 5 nitrogen and oxygen atoms in total. The lowest BCUT2D eigenvalue weighted by Gasteiger charge is -2.31. The van der Waals surface area contributed by atoms with Crippen molar-refractivity contribution in [3.8, 4) is 22.8 Å². The number of hydrogen-bond donors (Lipinski definition) is 0. The molecule has 0 unspecified atom stereocenters. The Hall–Kier alpha value is -3.08. The number of hydrogen-bond acceptors (Lipinski definition) is 4. The molecule has 2 aromatic carbocycles. The molecule has 1 aromatic heterocycles. The molecule has 1 aliphatic heterocycles. The van der Waals surface area contributed by atoms with E-state index in [1.54, 1.807) is 0 Å². The minimum Gasteiger partial charge on any atom is -0.454 e. The molecule has 4 rings (SSSR count). The van der Waals surface area contributed by atoms with Crippen molar-refractivity contribution >= 4 is 16.8 Å². The highest BCUT2D eigenvalue weighted by Crippen LogP contribution is 2.36. The van der Waals surface area contributed by atoms with Gasteiger partial charge in [0.25, 0.3) is 5.91 Å². The minimum atomic E-state index is 0.0191. The number of rotatable bonds is 4. The van der Waals surface area contributed by atoms with Crippen LogP contribution in [0, 0.1) is 0 Å². The van der Waals surface area contributed by atoms with Gasteiger partial charge in [-0.3, -0.25) is 4.79 Å². The van der Waals surface area contributed by atoms with Crippen LogP contribution in [0.3, 0.4) is 0 Å². The smallest absolute Gasteiger partial charge is 0.255 e. The highest BCUT2D eigenvalue weighted by molar-refractivity contribution is 6.07. The molecular formula is C23H24N2O3. The Bertz CT molecular complexity index is 1040. The molecule has 3 aromatic rings. The van der Waals surface area contributed by atoms with Gasteiger partial charge in [0, 0.05) is 23.0 Å². The molecule has 0 atom stereocenters. The quantitative estimate of drug-likeness (QED) is 0.651. The van der Waals surface area contributed by atoms with Crippen molar-refractivity contribution < 1.29 is 14.3 Å². The van der Waals surface area contributed by atoms with Crippen LogP contribution in [0.5, 0.6) is 11.5 Å². The van der Waals surface area contributed by atoms with E-state index in [-0.39, 0.29) is 24.8 Å². The van der Waals surface area contributed by atoms with E-state index in [1.165, 1.54) is 0 Å². The second-order valence-corrected chi connectivity index (χ2v) is 7.54. The Kier molecular flexibility index (Phi) is 4.67. The molecule has 0 saturated heterocycles. The monoisotopic (exact) mass is 376 g/mol. The summed E-state index contributed by atoms with van der Waals surface area (Å²) in [6, 6.07) is 15.6. The van der Waals surface area contributed by atoms with Crippen molar-refractivity contribution in [2.75, 3.05) is 6.79 Å². The minimum absolute atomic E-state index is 0.0191. The van der Waals surface area contributed by atoms with Crippen molar-refractivity contribution in [2.45, 2.75) is 39.8 Å². The Morgan fingerprint density at radius 1 is 0.964 bits per heavy atom. The van der Waals surface area contributed by atoms with Crippen LogP contribution < -0.4 is 9.47 Å². The zero-order valence-electron chi connectivity index (χ0n) is 16.6. The number of para-hydroxylation sites is 1. The zero-order chi connectivity index (χ0) is 19.8. The van der Waals surface area contributed by atoms with E-state index in [0.717, 1.165) is 27.9 Å². The zero-order valence-corrected chi connectivity index (χ0v) is 16.6. The predicted molar refractivity (Wildman–Crippen MR) is 110 cm³/mol. The van der Waals surface area contributed by atoms with Crippen molar-refractivity contribution in [1.29, 1.82) is 0 Å². The fraction of sp³-hybridized carbons (Fsp3) is 0.304. The maximum absolute atomic E-state index is 13.5. The van der Waals surface area contributed by atoms with Crippen LogP contribution in [-0.4, -0.2) is 34.7 Å². The summed E-state index contributed by atoms with van der Waals surface area (Å²) in [5.41, 5.74) is 3.10. The number of nitrogens with zero attached hydrogens (tertiary/aromatic N) is 2. The van der Waals surface area contributed by atoms with Gasteiger partial charge in [-0.25, -0.2) is 4.98 Å². The Balaban J connectivity index is 1.87. The lowest BCUT2D eigenvalue weighted by molar-refractivity contribution is 0.0646. The van der Waals surface area contributed by atoms with Gasteiger partial charge in [0.15, 0.2) is 11.5 Å². The van der Waals surface area contributed by atoms with Gasteiger partial charge < -0.3 is 14.4 Å². The van der Waals surface area contributed by atoms with Crippen LogP contribution in [0.2, 0.25) is 0 Å². The van der Waals surface area contributed by atoms with E-state index in [0.29, 0.717) is 11.3 Å². The molecule has 5 heteroatoms. The first-order valence-corrected chi connectivity index (χ1v) is 9.58. The van der Waals surface area contributed by atoms with Crippen molar-refractivity contribution in [2.24, 2.45) is 0 Å². The third-order valence-corrected chi connectivity index (χ3v) is 4.96. The first-order chi connectivity index (χ1) is 13.5. The molecule has 0 spiro atoms. The van der Waals surface area contributed by atoms with Gasteiger partial charge >= 0.3 is 0 Å². The van der Waals surface area contributed by atoms with Crippen molar-refractivity contribution in [3.63, 3.8) is 0 Å². The number of aromatic nitrogens is 1. The van der Waals surface area contributed by atoms with Crippen LogP contribution >= 0.6 is 0 Å². The fourth-order valence-corrected chi connectivity index (χ4v) is 3.76. The summed E-state index contributed by atoms with van der Waals surface area (Å²) < 4.78 is 10.9. The summed E-state index contributed by atoms with van der Waals surface area (Å²) in [5.74, 6) is 1.45. The third kappa shape index (κ3) is 3.17. The maximum Gasteiger partial charge on any atom is 0.255 e. The number of ether oxygens (including phenoxy) is 2. The Labute approximate surface area is 164 Å². The van der Waals surface area contributed by atoms with Gasteiger partial charge in [-0.2, -0.15) is 0 Å². The highest BCUT2D eigenvalue weighted by Gasteiger charge is 2.24. The van der Waals surface area contributed by atoms with Gasteiger partial charge in [0.1, 0.15) is 0 Å². The van der Waals surface area contributed by atoms with Gasteiger partial charge in [0.2, 0.25) is 6.79 Å². The average Bonchev–Trinajstić information content (AvgIpc) is 3.14. The van der Waals surface area contributed by atoms with Crippen molar-refractivity contribution in [1.82, 2.24) is 9.88 Å². The topological polar surface area (TPSA) is 51.7 Å². The average molecular weight is 376 g/mol. The number of pyridine rings is 1. The predicted octanol–water partition coefficient (Wildman–Crippen LogP) is 4.89. The van der Waals surface area contributed by atoms with E-state index in [1.807, 2.05) is 81.1 Å². The van der Waals surface area contributed by atoms with Crippen LogP contribution in [0.1, 0.15) is 38.1 Å². The summed E-state index contributed by atoms with van der Waals surface area (Å²) in [4.78, 5) is 20.2.